The molecule has 0 radical (unpaired) electrons. The van der Waals surface area contributed by atoms with E-state index < -0.39 is 0 Å². The molecular formula is C12H16O. The summed E-state index contributed by atoms with van der Waals surface area (Å²) in [6.07, 6.45) is 6.86. The van der Waals surface area contributed by atoms with Crippen LogP contribution in [0, 0.1) is 5.41 Å². The molecule has 1 atom stereocenters. The molecule has 1 unspecified atom stereocenters. The summed E-state index contributed by atoms with van der Waals surface area (Å²) in [6.45, 7) is 6.20. The van der Waals surface area contributed by atoms with Gasteiger partial charge in [0.05, 0.1) is 5.41 Å². The molecule has 1 fully saturated rings. The summed E-state index contributed by atoms with van der Waals surface area (Å²) in [5, 5.41) is 0. The molecule has 0 N–H and O–H groups in total. The SMILES string of the molecule is C=C1CCC(=O)C12CC=C(C)CC2. The Kier molecular flexibility index (Phi) is 1.90. The van der Waals surface area contributed by atoms with E-state index in [4.69, 9.17) is 0 Å². The molecule has 0 aromatic heterocycles. The van der Waals surface area contributed by atoms with E-state index in [2.05, 4.69) is 19.6 Å². The largest absolute Gasteiger partial charge is 0.299 e. The summed E-state index contributed by atoms with van der Waals surface area (Å²) in [4.78, 5) is 11.8. The molecule has 2 rings (SSSR count). The number of carbonyl (C=O) groups is 1. The highest BCUT2D eigenvalue weighted by atomic mass is 16.1. The minimum absolute atomic E-state index is 0.139. The molecule has 0 saturated heterocycles. The molecule has 0 amide bonds. The van der Waals surface area contributed by atoms with Crippen molar-refractivity contribution in [2.45, 2.75) is 39.0 Å². The summed E-state index contributed by atoms with van der Waals surface area (Å²) in [7, 11) is 0. The molecule has 2 aliphatic rings. The second-order valence-corrected chi connectivity index (χ2v) is 4.36. The van der Waals surface area contributed by atoms with Crippen molar-refractivity contribution in [1.29, 1.82) is 0 Å². The summed E-state index contributed by atoms with van der Waals surface area (Å²) in [5.41, 5.74) is 2.47. The molecule has 1 heteroatoms. The van der Waals surface area contributed by atoms with Gasteiger partial charge in [0.15, 0.2) is 0 Å². The first-order chi connectivity index (χ1) is 6.15. The fourth-order valence-electron chi connectivity index (χ4n) is 2.48. The van der Waals surface area contributed by atoms with E-state index >= 15 is 0 Å². The number of rotatable bonds is 0. The lowest BCUT2D eigenvalue weighted by Gasteiger charge is -2.31. The van der Waals surface area contributed by atoms with Crippen LogP contribution in [-0.4, -0.2) is 5.78 Å². The quantitative estimate of drug-likeness (QED) is 0.518. The van der Waals surface area contributed by atoms with E-state index in [-0.39, 0.29) is 5.41 Å². The minimum Gasteiger partial charge on any atom is -0.299 e. The lowest BCUT2D eigenvalue weighted by molar-refractivity contribution is -0.124. The van der Waals surface area contributed by atoms with Crippen molar-refractivity contribution in [3.63, 3.8) is 0 Å². The standard InChI is InChI=1S/C12H16O/c1-9-5-7-12(8-6-9)10(2)3-4-11(12)13/h5H,2-4,6-8H2,1H3. The Balaban J connectivity index is 2.30. The van der Waals surface area contributed by atoms with E-state index in [0.29, 0.717) is 5.78 Å². The van der Waals surface area contributed by atoms with Crippen LogP contribution in [0.4, 0.5) is 0 Å². The third kappa shape index (κ3) is 1.18. The van der Waals surface area contributed by atoms with Gasteiger partial charge in [-0.1, -0.05) is 23.8 Å². The van der Waals surface area contributed by atoms with Crippen molar-refractivity contribution < 1.29 is 4.79 Å². The van der Waals surface area contributed by atoms with Crippen LogP contribution in [0.1, 0.15) is 39.0 Å². The molecule has 1 saturated carbocycles. The van der Waals surface area contributed by atoms with Gasteiger partial charge in [-0.25, -0.2) is 0 Å². The van der Waals surface area contributed by atoms with Crippen LogP contribution in [-0.2, 0) is 4.79 Å². The fraction of sp³-hybridized carbons (Fsp3) is 0.583. The molecule has 0 aromatic carbocycles. The maximum atomic E-state index is 11.8. The molecule has 0 heterocycles. The zero-order valence-electron chi connectivity index (χ0n) is 8.23. The Morgan fingerprint density at radius 1 is 1.38 bits per heavy atom. The molecular weight excluding hydrogens is 160 g/mol. The molecule has 13 heavy (non-hydrogen) atoms. The first-order valence-corrected chi connectivity index (χ1v) is 5.02. The minimum atomic E-state index is -0.139. The van der Waals surface area contributed by atoms with E-state index in [1.54, 1.807) is 0 Å². The first kappa shape index (κ1) is 8.74. The van der Waals surface area contributed by atoms with Crippen LogP contribution in [0.2, 0.25) is 0 Å². The van der Waals surface area contributed by atoms with Gasteiger partial charge in [-0.2, -0.15) is 0 Å². The molecule has 1 spiro atoms. The second-order valence-electron chi connectivity index (χ2n) is 4.36. The number of ketones is 1. The smallest absolute Gasteiger partial charge is 0.143 e. The van der Waals surface area contributed by atoms with Crippen LogP contribution < -0.4 is 0 Å². The number of hydrogen-bond donors (Lipinski definition) is 0. The average molecular weight is 176 g/mol. The molecule has 0 bridgehead atoms. The van der Waals surface area contributed by atoms with Gasteiger partial charge in [0.1, 0.15) is 5.78 Å². The van der Waals surface area contributed by atoms with Gasteiger partial charge in [0.2, 0.25) is 0 Å². The van der Waals surface area contributed by atoms with Crippen molar-refractivity contribution in [3.8, 4) is 0 Å². The summed E-state index contributed by atoms with van der Waals surface area (Å²) in [5.74, 6) is 0.432. The Labute approximate surface area is 79.5 Å². The Morgan fingerprint density at radius 2 is 2.15 bits per heavy atom. The summed E-state index contributed by atoms with van der Waals surface area (Å²) in [6, 6.07) is 0. The monoisotopic (exact) mass is 176 g/mol. The van der Waals surface area contributed by atoms with Crippen molar-refractivity contribution in [1.82, 2.24) is 0 Å². The van der Waals surface area contributed by atoms with Crippen LogP contribution in [0.25, 0.3) is 0 Å². The zero-order valence-corrected chi connectivity index (χ0v) is 8.23. The lowest BCUT2D eigenvalue weighted by Crippen LogP contribution is -2.28. The van der Waals surface area contributed by atoms with Crippen molar-refractivity contribution in [2.75, 3.05) is 0 Å². The van der Waals surface area contributed by atoms with Gasteiger partial charge in [-0.05, 0) is 32.6 Å². The van der Waals surface area contributed by atoms with Gasteiger partial charge in [-0.15, -0.1) is 0 Å². The third-order valence-electron chi connectivity index (χ3n) is 3.61. The molecule has 70 valence electrons. The van der Waals surface area contributed by atoms with Crippen molar-refractivity contribution in [2.24, 2.45) is 5.41 Å². The fourth-order valence-corrected chi connectivity index (χ4v) is 2.48. The highest BCUT2D eigenvalue weighted by molar-refractivity contribution is 5.91. The van der Waals surface area contributed by atoms with E-state index in [9.17, 15) is 4.79 Å². The molecule has 1 nitrogen and oxygen atoms in total. The lowest BCUT2D eigenvalue weighted by atomic mass is 9.71. The van der Waals surface area contributed by atoms with Gasteiger partial charge < -0.3 is 0 Å². The van der Waals surface area contributed by atoms with Crippen molar-refractivity contribution >= 4 is 5.78 Å². The number of allylic oxidation sites excluding steroid dienone is 3. The van der Waals surface area contributed by atoms with Gasteiger partial charge in [-0.3, -0.25) is 4.79 Å². The van der Waals surface area contributed by atoms with E-state index in [0.717, 1.165) is 32.1 Å². The van der Waals surface area contributed by atoms with Crippen LogP contribution in [0.15, 0.2) is 23.8 Å². The third-order valence-corrected chi connectivity index (χ3v) is 3.61. The summed E-state index contributed by atoms with van der Waals surface area (Å²) < 4.78 is 0. The maximum Gasteiger partial charge on any atom is 0.143 e. The summed E-state index contributed by atoms with van der Waals surface area (Å²) >= 11 is 0. The average Bonchev–Trinajstić information content (AvgIpc) is 2.39. The van der Waals surface area contributed by atoms with E-state index in [1.807, 2.05) is 0 Å². The maximum absolute atomic E-state index is 11.8. The van der Waals surface area contributed by atoms with Crippen LogP contribution in [0.3, 0.4) is 0 Å². The number of carbonyl (C=O) groups excluding carboxylic acids is 1. The molecule has 0 aromatic rings. The first-order valence-electron chi connectivity index (χ1n) is 5.02. The van der Waals surface area contributed by atoms with Crippen LogP contribution in [0.5, 0.6) is 0 Å². The second kappa shape index (κ2) is 2.83. The van der Waals surface area contributed by atoms with Gasteiger partial charge in [0.25, 0.3) is 0 Å². The zero-order chi connectivity index (χ0) is 9.47. The number of Topliss-reactive ketones (excluding diaryl/α,β-unsaturated/α-hetero) is 1. The highest BCUT2D eigenvalue weighted by Gasteiger charge is 2.44. The Hall–Kier alpha value is -0.850. The number of hydrogen-bond acceptors (Lipinski definition) is 1. The molecule has 0 aliphatic heterocycles. The Morgan fingerprint density at radius 3 is 2.62 bits per heavy atom. The predicted octanol–water partition coefficient (Wildman–Crippen LogP) is 3.02. The topological polar surface area (TPSA) is 17.1 Å². The van der Waals surface area contributed by atoms with Gasteiger partial charge in [0, 0.05) is 6.42 Å². The highest BCUT2D eigenvalue weighted by Crippen LogP contribution is 2.48. The van der Waals surface area contributed by atoms with E-state index in [1.165, 1.54) is 11.1 Å². The molecule has 2 aliphatic carbocycles. The predicted molar refractivity (Wildman–Crippen MR) is 53.4 cm³/mol. The van der Waals surface area contributed by atoms with Crippen molar-refractivity contribution in [3.05, 3.63) is 23.8 Å². The van der Waals surface area contributed by atoms with Gasteiger partial charge >= 0.3 is 0 Å². The van der Waals surface area contributed by atoms with Crippen LogP contribution >= 0.6 is 0 Å². The Bertz CT molecular complexity index is 280. The normalized spacial score (nSPS) is 34.1.